The van der Waals surface area contributed by atoms with E-state index in [0.29, 0.717) is 11.1 Å². The van der Waals surface area contributed by atoms with Crippen molar-refractivity contribution in [1.82, 2.24) is 4.23 Å². The number of fused-ring (bicyclic) bond motifs is 1. The first-order chi connectivity index (χ1) is 13.4. The second kappa shape index (κ2) is 11.4. The third kappa shape index (κ3) is 6.33. The van der Waals surface area contributed by atoms with E-state index in [1.165, 1.54) is 0 Å². The maximum absolute atomic E-state index is 14.5. The standard InChI is InChI=1S/C24H38N2O2Si2.2ClH.Ti/c1-23(2,3)29(7,8)26(30(9,10)24(4,5)6)22(28)20-18-14-12-11-13-17(18)15-16-19(20)21(25)27;;;/h11-16H,1-10H3,(H2,25,27);2*1H;/q;;;+2/p-2. The van der Waals surface area contributed by atoms with Crippen LogP contribution >= 0.6 is 0 Å². The zero-order valence-corrected chi connectivity index (χ0v) is 26.6. The zero-order chi connectivity index (χ0) is 23.3. The monoisotopic (exact) mass is 560 g/mol. The van der Waals surface area contributed by atoms with Gasteiger partial charge in [0.2, 0.25) is 11.8 Å². The summed E-state index contributed by atoms with van der Waals surface area (Å²) in [6.07, 6.45) is 0. The largest absolute Gasteiger partial charge is 2.00 e. The number of halogens is 2. The third-order valence-electron chi connectivity index (χ3n) is 7.40. The molecule has 0 bridgehead atoms. The van der Waals surface area contributed by atoms with Gasteiger partial charge in [0, 0.05) is 0 Å². The van der Waals surface area contributed by atoms with Crippen molar-refractivity contribution in [3.8, 4) is 0 Å². The van der Waals surface area contributed by atoms with Crippen molar-refractivity contribution in [3.05, 3.63) is 47.5 Å². The number of benzene rings is 2. The molecule has 0 aliphatic rings. The molecule has 2 amide bonds. The first kappa shape index (κ1) is 34.5. The van der Waals surface area contributed by atoms with E-state index in [1.54, 1.807) is 6.07 Å². The second-order valence-corrected chi connectivity index (χ2v) is 21.9. The minimum absolute atomic E-state index is 0. The minimum Gasteiger partial charge on any atom is -1.00 e. The predicted molar refractivity (Wildman–Crippen MR) is 133 cm³/mol. The summed E-state index contributed by atoms with van der Waals surface area (Å²) in [5.74, 6) is -0.603. The van der Waals surface area contributed by atoms with Crippen LogP contribution < -0.4 is 30.5 Å². The quantitative estimate of drug-likeness (QED) is 0.550. The van der Waals surface area contributed by atoms with Crippen molar-refractivity contribution in [2.24, 2.45) is 5.73 Å². The van der Waals surface area contributed by atoms with Gasteiger partial charge >= 0.3 is 21.7 Å². The maximum atomic E-state index is 14.5. The average molecular weight is 562 g/mol. The van der Waals surface area contributed by atoms with Crippen molar-refractivity contribution in [2.45, 2.75) is 77.8 Å². The number of hydrogen-bond donors (Lipinski definition) is 1. The van der Waals surface area contributed by atoms with Gasteiger partial charge in [-0.25, -0.2) is 0 Å². The molecule has 2 rings (SSSR count). The number of hydrogen-bond acceptors (Lipinski definition) is 2. The molecule has 33 heavy (non-hydrogen) atoms. The van der Waals surface area contributed by atoms with Crippen molar-refractivity contribution in [3.63, 3.8) is 0 Å². The van der Waals surface area contributed by atoms with Crippen LogP contribution in [-0.4, -0.2) is 32.5 Å². The summed E-state index contributed by atoms with van der Waals surface area (Å²) in [6, 6.07) is 11.3. The SMILES string of the molecule is CC(C)(C)[Si](C)(C)N(C(=O)c1c(C(N)=O)ccc2ccccc12)[Si](C)(C)C(C)(C)C.[Cl-].[Cl-].[Ti+2]. The van der Waals surface area contributed by atoms with Crippen molar-refractivity contribution < 1.29 is 56.1 Å². The Kier molecular flexibility index (Phi) is 11.9. The Hall–Kier alpha value is -0.632. The number of carbonyl (C=O) groups is 2. The van der Waals surface area contributed by atoms with Crippen LogP contribution in [0.4, 0.5) is 0 Å². The molecule has 0 heterocycles. The van der Waals surface area contributed by atoms with Crippen LogP contribution in [0.5, 0.6) is 0 Å². The molecule has 0 aliphatic carbocycles. The normalized spacial score (nSPS) is 12.2. The molecule has 0 fully saturated rings. The fraction of sp³-hybridized carbons (Fsp3) is 0.500. The smallest absolute Gasteiger partial charge is 1.00 e. The van der Waals surface area contributed by atoms with E-state index in [9.17, 15) is 9.59 Å². The Morgan fingerprint density at radius 1 is 0.788 bits per heavy atom. The molecule has 0 saturated carbocycles. The van der Waals surface area contributed by atoms with Gasteiger partial charge in [-0.15, -0.1) is 0 Å². The number of rotatable bonds is 4. The summed E-state index contributed by atoms with van der Waals surface area (Å²) in [6.45, 7) is 22.5. The van der Waals surface area contributed by atoms with Gasteiger partial charge in [0.05, 0.1) is 11.1 Å². The fourth-order valence-electron chi connectivity index (χ4n) is 3.70. The van der Waals surface area contributed by atoms with Crippen molar-refractivity contribution >= 4 is 39.1 Å². The molecule has 0 saturated heterocycles. The molecule has 0 spiro atoms. The van der Waals surface area contributed by atoms with E-state index in [2.05, 4.69) is 72.0 Å². The van der Waals surface area contributed by atoms with Crippen LogP contribution in [0, 0.1) is 0 Å². The molecule has 4 nitrogen and oxygen atoms in total. The molecule has 2 aromatic rings. The van der Waals surface area contributed by atoms with Gasteiger partial charge in [0.1, 0.15) is 16.5 Å². The molecule has 2 aromatic carbocycles. The first-order valence-electron chi connectivity index (χ1n) is 10.6. The van der Waals surface area contributed by atoms with Crippen molar-refractivity contribution in [2.75, 3.05) is 0 Å². The molecule has 0 aliphatic heterocycles. The molecule has 9 heteroatoms. The van der Waals surface area contributed by atoms with Crippen LogP contribution in [0.15, 0.2) is 36.4 Å². The summed E-state index contributed by atoms with van der Waals surface area (Å²) in [5.41, 5.74) is 6.51. The first-order valence-corrected chi connectivity index (χ1v) is 16.5. The minimum atomic E-state index is -2.28. The molecule has 0 aromatic heterocycles. The number of primary amides is 1. The third-order valence-corrected chi connectivity index (χ3v) is 20.7. The Bertz CT molecular complexity index is 974. The van der Waals surface area contributed by atoms with Crippen molar-refractivity contribution in [1.29, 1.82) is 0 Å². The number of nitrogens with zero attached hydrogens (tertiary/aromatic N) is 1. The molecule has 0 unspecified atom stereocenters. The molecule has 2 N–H and O–H groups in total. The van der Waals surface area contributed by atoms with Gasteiger partial charge in [-0.1, -0.05) is 98.1 Å². The van der Waals surface area contributed by atoms with E-state index in [0.717, 1.165) is 10.8 Å². The van der Waals surface area contributed by atoms with E-state index in [4.69, 9.17) is 5.73 Å². The van der Waals surface area contributed by atoms with E-state index in [1.807, 2.05) is 30.3 Å². The van der Waals surface area contributed by atoms with E-state index >= 15 is 0 Å². The van der Waals surface area contributed by atoms with Gasteiger partial charge in [-0.2, -0.15) is 0 Å². The van der Waals surface area contributed by atoms with E-state index < -0.39 is 22.4 Å². The van der Waals surface area contributed by atoms with Gasteiger partial charge < -0.3 is 34.8 Å². The second-order valence-electron chi connectivity index (χ2n) is 11.3. The van der Waals surface area contributed by atoms with Crippen LogP contribution in [0.2, 0.25) is 36.3 Å². The van der Waals surface area contributed by atoms with Gasteiger partial charge in [0.15, 0.2) is 0 Å². The maximum Gasteiger partial charge on any atom is 2.00 e. The van der Waals surface area contributed by atoms with Gasteiger partial charge in [-0.05, 0) is 26.9 Å². The van der Waals surface area contributed by atoms with Crippen LogP contribution in [0.1, 0.15) is 62.3 Å². The summed E-state index contributed by atoms with van der Waals surface area (Å²) in [4.78, 5) is 26.8. The Morgan fingerprint density at radius 2 is 1.21 bits per heavy atom. The van der Waals surface area contributed by atoms with Gasteiger partial charge in [0.25, 0.3) is 0 Å². The number of nitrogens with two attached hydrogens (primary N) is 1. The molecular formula is C24H38Cl2N2O2Si2Ti. The summed E-state index contributed by atoms with van der Waals surface area (Å²) in [7, 11) is -4.55. The fourth-order valence-corrected chi connectivity index (χ4v) is 13.9. The Labute approximate surface area is 229 Å². The predicted octanol–water partition coefficient (Wildman–Crippen LogP) is 0.397. The van der Waals surface area contributed by atoms with Gasteiger partial charge in [-0.3, -0.25) is 9.59 Å². The molecule has 0 atom stereocenters. The summed E-state index contributed by atoms with van der Waals surface area (Å²) in [5, 5.41) is 1.67. The zero-order valence-electron chi connectivity index (χ0n) is 21.6. The number of amides is 2. The average Bonchev–Trinajstić information content (AvgIpc) is 2.58. The Balaban J connectivity index is 0. The van der Waals surface area contributed by atoms with E-state index in [-0.39, 0.29) is 62.5 Å². The van der Waals surface area contributed by atoms with Crippen LogP contribution in [0.3, 0.4) is 0 Å². The van der Waals surface area contributed by atoms with Crippen LogP contribution in [-0.2, 0) is 21.7 Å². The molecular weight excluding hydrogens is 523 g/mol. The topological polar surface area (TPSA) is 63.4 Å². The molecule has 182 valence electrons. The summed E-state index contributed by atoms with van der Waals surface area (Å²) < 4.78 is 2.26. The Morgan fingerprint density at radius 3 is 1.61 bits per heavy atom. The van der Waals surface area contributed by atoms with Crippen LogP contribution in [0.25, 0.3) is 10.8 Å². The molecule has 0 radical (unpaired) electrons. The summed E-state index contributed by atoms with van der Waals surface area (Å²) >= 11 is 0. The number of carbonyl (C=O) groups excluding carboxylic acids is 2.